The quantitative estimate of drug-likeness (QED) is 0.596. The van der Waals surface area contributed by atoms with Crippen molar-refractivity contribution in [2.75, 3.05) is 32.8 Å². The van der Waals surface area contributed by atoms with Gasteiger partial charge in [-0.15, -0.1) is 11.3 Å². The molecule has 0 radical (unpaired) electrons. The van der Waals surface area contributed by atoms with Gasteiger partial charge in [-0.3, -0.25) is 4.90 Å². The molecule has 1 aromatic heterocycles. The molecular formula is C24H31F3N2O5S2. The molecule has 200 valence electrons. The van der Waals surface area contributed by atoms with Crippen LogP contribution in [-0.2, 0) is 21.4 Å². The van der Waals surface area contributed by atoms with Gasteiger partial charge in [0.2, 0.25) is 10.0 Å². The summed E-state index contributed by atoms with van der Waals surface area (Å²) in [6.45, 7) is 8.72. The van der Waals surface area contributed by atoms with Crippen molar-refractivity contribution in [3.63, 3.8) is 0 Å². The van der Waals surface area contributed by atoms with E-state index in [0.29, 0.717) is 30.3 Å². The van der Waals surface area contributed by atoms with Crippen molar-refractivity contribution in [3.8, 4) is 5.75 Å². The van der Waals surface area contributed by atoms with Crippen LogP contribution in [0.2, 0.25) is 0 Å². The molecule has 7 nitrogen and oxygen atoms in total. The number of rotatable bonds is 4. The molecule has 2 aliphatic rings. The van der Waals surface area contributed by atoms with Gasteiger partial charge < -0.3 is 9.84 Å². The molecule has 2 aromatic rings. The molecule has 4 rings (SSSR count). The van der Waals surface area contributed by atoms with Crippen LogP contribution >= 0.6 is 11.3 Å². The number of aliphatic carboxylic acids is 1. The van der Waals surface area contributed by atoms with Gasteiger partial charge in [0.05, 0.1) is 6.61 Å². The highest BCUT2D eigenvalue weighted by atomic mass is 32.2. The first-order chi connectivity index (χ1) is 16.8. The van der Waals surface area contributed by atoms with E-state index in [9.17, 15) is 21.6 Å². The zero-order valence-electron chi connectivity index (χ0n) is 20.2. The molecule has 1 saturated heterocycles. The van der Waals surface area contributed by atoms with Crippen molar-refractivity contribution in [2.45, 2.75) is 44.3 Å². The first-order valence-corrected chi connectivity index (χ1v) is 13.9. The summed E-state index contributed by atoms with van der Waals surface area (Å²) < 4.78 is 66.5. The van der Waals surface area contributed by atoms with Crippen molar-refractivity contribution in [2.24, 2.45) is 11.3 Å². The number of thiophene rings is 1. The number of benzene rings is 1. The van der Waals surface area contributed by atoms with Gasteiger partial charge in [-0.25, -0.2) is 13.2 Å². The minimum atomic E-state index is -5.08. The van der Waals surface area contributed by atoms with Crippen molar-refractivity contribution >= 4 is 27.3 Å². The first-order valence-electron chi connectivity index (χ1n) is 11.6. The SMILES string of the molecule is CC(C)CN1CC2(CCN(Cc3cccs3)CC2)COc2ccccc2S1(=O)=O.O=C(O)C(F)(F)F. The summed E-state index contributed by atoms with van der Waals surface area (Å²) in [4.78, 5) is 13.1. The Labute approximate surface area is 213 Å². The third-order valence-corrected chi connectivity index (χ3v) is 8.91. The predicted molar refractivity (Wildman–Crippen MR) is 130 cm³/mol. The van der Waals surface area contributed by atoms with E-state index in [4.69, 9.17) is 14.6 Å². The Kier molecular flexibility index (Phi) is 9.07. The van der Waals surface area contributed by atoms with Crippen LogP contribution in [-0.4, -0.2) is 67.7 Å². The summed E-state index contributed by atoms with van der Waals surface area (Å²) in [6, 6.07) is 11.3. The number of likely N-dealkylation sites (tertiary alicyclic amines) is 1. The van der Waals surface area contributed by atoms with Gasteiger partial charge in [0.25, 0.3) is 0 Å². The van der Waals surface area contributed by atoms with Crippen LogP contribution in [0.3, 0.4) is 0 Å². The maximum Gasteiger partial charge on any atom is 0.490 e. The largest absolute Gasteiger partial charge is 0.492 e. The summed E-state index contributed by atoms with van der Waals surface area (Å²) in [6.07, 6.45) is -3.19. The lowest BCUT2D eigenvalue weighted by atomic mass is 9.78. The summed E-state index contributed by atoms with van der Waals surface area (Å²) >= 11 is 1.80. The Balaban J connectivity index is 0.000000454. The van der Waals surface area contributed by atoms with Crippen LogP contribution in [0.4, 0.5) is 13.2 Å². The van der Waals surface area contributed by atoms with Crippen LogP contribution in [0, 0.1) is 11.3 Å². The lowest BCUT2D eigenvalue weighted by Gasteiger charge is -2.45. The van der Waals surface area contributed by atoms with Gasteiger partial charge in [-0.1, -0.05) is 32.0 Å². The number of sulfonamides is 1. The fraction of sp³-hybridized carbons (Fsp3) is 0.542. The summed E-state index contributed by atoms with van der Waals surface area (Å²) in [5, 5.41) is 9.25. The van der Waals surface area contributed by atoms with Crippen LogP contribution in [0.15, 0.2) is 46.7 Å². The van der Waals surface area contributed by atoms with Crippen molar-refractivity contribution < 1.29 is 36.2 Å². The Bertz CT molecular complexity index is 1110. The van der Waals surface area contributed by atoms with E-state index in [1.54, 1.807) is 33.8 Å². The zero-order chi connectivity index (χ0) is 26.6. The molecule has 12 heteroatoms. The number of fused-ring (bicyclic) bond motifs is 1. The Morgan fingerprint density at radius 1 is 1.17 bits per heavy atom. The molecular weight excluding hydrogens is 517 g/mol. The van der Waals surface area contributed by atoms with Gasteiger partial charge >= 0.3 is 12.1 Å². The third-order valence-electron chi connectivity index (χ3n) is 6.20. The molecule has 0 aliphatic carbocycles. The van der Waals surface area contributed by atoms with Crippen LogP contribution in [0.25, 0.3) is 0 Å². The molecule has 36 heavy (non-hydrogen) atoms. The summed E-state index contributed by atoms with van der Waals surface area (Å²) in [7, 11) is -3.57. The van der Waals surface area contributed by atoms with Crippen LogP contribution in [0.1, 0.15) is 31.6 Å². The van der Waals surface area contributed by atoms with E-state index < -0.39 is 22.2 Å². The van der Waals surface area contributed by atoms with E-state index in [-0.39, 0.29) is 11.3 Å². The van der Waals surface area contributed by atoms with Crippen molar-refractivity contribution in [1.82, 2.24) is 9.21 Å². The number of halogens is 3. The lowest BCUT2D eigenvalue weighted by molar-refractivity contribution is -0.192. The third kappa shape index (κ3) is 7.21. The fourth-order valence-electron chi connectivity index (χ4n) is 4.34. The number of carbonyl (C=O) groups is 1. The number of hydrogen-bond acceptors (Lipinski definition) is 6. The van der Waals surface area contributed by atoms with E-state index in [1.165, 1.54) is 4.88 Å². The molecule has 1 fully saturated rings. The number of alkyl halides is 3. The molecule has 0 saturated carbocycles. The number of hydrogen-bond donors (Lipinski definition) is 1. The standard InChI is InChI=1S/C22H30N2O3S2.C2HF3O2/c1-18(2)14-24-16-22(9-11-23(12-10-22)15-19-6-5-13-28-19)17-27-20-7-3-4-8-21(20)29(24,25)26;3-2(4,5)1(6)7/h3-8,13,18H,9-12,14-17H2,1-2H3;(H,6,7). The maximum atomic E-state index is 13.5. The molecule has 0 atom stereocenters. The number of piperidine rings is 1. The van der Waals surface area contributed by atoms with Gasteiger partial charge in [0.15, 0.2) is 0 Å². The summed E-state index contributed by atoms with van der Waals surface area (Å²) in [5.74, 6) is -2.00. The second-order valence-electron chi connectivity index (χ2n) is 9.59. The minimum absolute atomic E-state index is 0.137. The second-order valence-corrected chi connectivity index (χ2v) is 12.5. The highest BCUT2D eigenvalue weighted by molar-refractivity contribution is 7.89. The van der Waals surface area contributed by atoms with Crippen molar-refractivity contribution in [3.05, 3.63) is 46.7 Å². The van der Waals surface area contributed by atoms with E-state index >= 15 is 0 Å². The molecule has 1 N–H and O–H groups in total. The van der Waals surface area contributed by atoms with Crippen molar-refractivity contribution in [1.29, 1.82) is 0 Å². The number of nitrogens with zero attached hydrogens (tertiary/aromatic N) is 2. The zero-order valence-corrected chi connectivity index (χ0v) is 21.8. The Morgan fingerprint density at radius 2 is 1.81 bits per heavy atom. The number of carboxylic acids is 1. The van der Waals surface area contributed by atoms with Gasteiger partial charge in [-0.05, 0) is 55.4 Å². The smallest absolute Gasteiger partial charge is 0.490 e. The minimum Gasteiger partial charge on any atom is -0.492 e. The number of ether oxygens (including phenoxy) is 1. The van der Waals surface area contributed by atoms with Crippen LogP contribution in [0.5, 0.6) is 5.75 Å². The van der Waals surface area contributed by atoms with Crippen LogP contribution < -0.4 is 4.74 Å². The maximum absolute atomic E-state index is 13.5. The highest BCUT2D eigenvalue weighted by Gasteiger charge is 2.43. The topological polar surface area (TPSA) is 87.2 Å². The second kappa shape index (κ2) is 11.5. The lowest BCUT2D eigenvalue weighted by Crippen LogP contribution is -2.52. The monoisotopic (exact) mass is 548 g/mol. The molecule has 0 unspecified atom stereocenters. The highest BCUT2D eigenvalue weighted by Crippen LogP contribution is 2.39. The Hall–Kier alpha value is -2.15. The fourth-order valence-corrected chi connectivity index (χ4v) is 6.93. The number of carboxylic acid groups (broad SMARTS) is 1. The van der Waals surface area contributed by atoms with E-state index in [2.05, 4.69) is 36.3 Å². The molecule has 1 spiro atoms. The predicted octanol–water partition coefficient (Wildman–Crippen LogP) is 4.70. The number of para-hydroxylation sites is 1. The molecule has 0 bridgehead atoms. The Morgan fingerprint density at radius 3 is 2.36 bits per heavy atom. The van der Waals surface area contributed by atoms with Gasteiger partial charge in [0, 0.05) is 29.9 Å². The average Bonchev–Trinajstić information content (AvgIpc) is 3.31. The van der Waals surface area contributed by atoms with Gasteiger partial charge in [-0.2, -0.15) is 17.5 Å². The summed E-state index contributed by atoms with van der Waals surface area (Å²) in [5.41, 5.74) is -0.137. The van der Waals surface area contributed by atoms with Gasteiger partial charge in [0.1, 0.15) is 10.6 Å². The molecule has 1 aromatic carbocycles. The average molecular weight is 549 g/mol. The normalized spacial score (nSPS) is 19.9. The molecule has 3 heterocycles. The van der Waals surface area contributed by atoms with E-state index in [1.807, 2.05) is 6.07 Å². The van der Waals surface area contributed by atoms with E-state index in [0.717, 1.165) is 32.5 Å². The molecule has 0 amide bonds. The first kappa shape index (κ1) is 28.4. The molecule has 2 aliphatic heterocycles.